The number of hydrogen-bond donors (Lipinski definition) is 3. The topological polar surface area (TPSA) is 136 Å². The van der Waals surface area contributed by atoms with Crippen LogP contribution < -0.4 is 17.1 Å². The molecule has 3 N–H and O–H groups in total. The third kappa shape index (κ3) is 25.3. The van der Waals surface area contributed by atoms with E-state index in [0.717, 1.165) is 207 Å². The van der Waals surface area contributed by atoms with Crippen molar-refractivity contribution in [3.05, 3.63) is 31.5 Å². The van der Waals surface area contributed by atoms with Gasteiger partial charge in [-0.15, -0.1) is 0 Å². The van der Waals surface area contributed by atoms with Crippen molar-refractivity contribution >= 4 is 0 Å². The van der Waals surface area contributed by atoms with E-state index in [1.165, 1.54) is 0 Å². The smallest absolute Gasteiger partial charge is 0.336 e. The van der Waals surface area contributed by atoms with Gasteiger partial charge in [0.1, 0.15) is 0 Å². The van der Waals surface area contributed by atoms with Crippen molar-refractivity contribution in [1.29, 1.82) is 0 Å². The quantitative estimate of drug-likeness (QED) is 0.0568. The lowest BCUT2D eigenvalue weighted by Gasteiger charge is -2.27. The van der Waals surface area contributed by atoms with Gasteiger partial charge in [-0.05, 0) is 77.8 Å². The number of hydrogen-bond acceptors (Lipinski definition) is 9. The molecule has 0 saturated carbocycles. The van der Waals surface area contributed by atoms with E-state index in [9.17, 15) is 29.7 Å². The second-order valence-corrected chi connectivity index (χ2v) is 17.9. The lowest BCUT2D eigenvalue weighted by Crippen LogP contribution is -2.58. The fourth-order valence-electron chi connectivity index (χ4n) is 8.31. The largest absolute Gasteiger partial charge is 0.390 e. The van der Waals surface area contributed by atoms with E-state index in [1.807, 2.05) is 0 Å². The highest BCUT2D eigenvalue weighted by Crippen LogP contribution is 2.10. The molecule has 1 aromatic heterocycles. The van der Waals surface area contributed by atoms with Gasteiger partial charge in [0, 0.05) is 19.6 Å². The molecule has 3 unspecified atom stereocenters. The highest BCUT2D eigenvalue weighted by atomic mass is 16.3. The van der Waals surface area contributed by atoms with Crippen LogP contribution in [0.1, 0.15) is 196 Å². The van der Waals surface area contributed by atoms with Crippen molar-refractivity contribution in [3.8, 4) is 0 Å². The highest BCUT2D eigenvalue weighted by molar-refractivity contribution is 4.84. The molecular formula is C48H96N6O6. The summed E-state index contributed by atoms with van der Waals surface area (Å²) in [5, 5.41) is 34.5. The molecule has 0 aliphatic carbocycles. The first-order valence-electron chi connectivity index (χ1n) is 25.2. The summed E-state index contributed by atoms with van der Waals surface area (Å²) in [4.78, 5) is 49.3. The summed E-state index contributed by atoms with van der Waals surface area (Å²) in [5.74, 6) is 0. The molecule has 0 spiro atoms. The van der Waals surface area contributed by atoms with Crippen LogP contribution in [0.15, 0.2) is 14.4 Å². The zero-order chi connectivity index (χ0) is 44.4. The van der Waals surface area contributed by atoms with Crippen molar-refractivity contribution in [2.24, 2.45) is 0 Å². The molecule has 12 heteroatoms. The molecule has 0 amide bonds. The summed E-state index contributed by atoms with van der Waals surface area (Å²) in [5.41, 5.74) is -2.47. The van der Waals surface area contributed by atoms with Gasteiger partial charge < -0.3 is 30.0 Å². The Hall–Kier alpha value is -1.83. The van der Waals surface area contributed by atoms with Crippen LogP contribution in [-0.4, -0.2) is 121 Å². The maximum atomic E-state index is 14.2. The van der Waals surface area contributed by atoms with Gasteiger partial charge in [0.2, 0.25) is 0 Å². The Bertz CT molecular complexity index is 1110. The van der Waals surface area contributed by atoms with Crippen LogP contribution in [0.5, 0.6) is 0 Å². The predicted octanol–water partition coefficient (Wildman–Crippen LogP) is 7.64. The van der Waals surface area contributed by atoms with E-state index in [0.29, 0.717) is 19.6 Å². The van der Waals surface area contributed by atoms with Crippen LogP contribution >= 0.6 is 0 Å². The lowest BCUT2D eigenvalue weighted by atomic mass is 10.1. The Labute approximate surface area is 366 Å². The fourth-order valence-corrected chi connectivity index (χ4v) is 8.31. The molecule has 0 aliphatic rings. The first-order chi connectivity index (χ1) is 29.1. The van der Waals surface area contributed by atoms with Crippen molar-refractivity contribution in [3.63, 3.8) is 0 Å². The molecule has 1 aromatic rings. The number of unbranched alkanes of at least 4 members (excludes halogenated alkanes) is 18. The van der Waals surface area contributed by atoms with Crippen LogP contribution in [0.3, 0.4) is 0 Å². The van der Waals surface area contributed by atoms with Crippen molar-refractivity contribution < 1.29 is 15.3 Å². The lowest BCUT2D eigenvalue weighted by molar-refractivity contribution is 0.0792. The average molecular weight is 853 g/mol. The van der Waals surface area contributed by atoms with Crippen LogP contribution in [0, 0.1) is 0 Å². The van der Waals surface area contributed by atoms with Gasteiger partial charge in [-0.2, -0.15) is 0 Å². The van der Waals surface area contributed by atoms with E-state index in [2.05, 4.69) is 56.2 Å². The molecule has 354 valence electrons. The summed E-state index contributed by atoms with van der Waals surface area (Å²) < 4.78 is 2.91. The van der Waals surface area contributed by atoms with Crippen LogP contribution in [-0.2, 0) is 19.6 Å². The number of aromatic nitrogens is 3. The molecular weight excluding hydrogens is 757 g/mol. The third-order valence-electron chi connectivity index (χ3n) is 11.9. The van der Waals surface area contributed by atoms with Gasteiger partial charge >= 0.3 is 17.1 Å². The van der Waals surface area contributed by atoms with Gasteiger partial charge in [-0.25, -0.2) is 28.1 Å². The molecule has 0 saturated heterocycles. The maximum Gasteiger partial charge on any atom is 0.336 e. The summed E-state index contributed by atoms with van der Waals surface area (Å²) in [7, 11) is 0. The SMILES string of the molecule is CCCCCCN(CCCCCC)CC(O)Cn1c(=O)n(CC(O)CN(CCCCCC)CCCCCC)c(=O)n(CC(O)CN(CCCCCC)CCCCCC)c1=O. The summed E-state index contributed by atoms with van der Waals surface area (Å²) in [6.45, 7) is 18.2. The summed E-state index contributed by atoms with van der Waals surface area (Å²) in [6.07, 6.45) is 23.5. The molecule has 12 nitrogen and oxygen atoms in total. The molecule has 0 aliphatic heterocycles. The fraction of sp³-hybridized carbons (Fsp3) is 0.938. The Morgan fingerprint density at radius 3 is 0.683 bits per heavy atom. The first kappa shape index (κ1) is 56.2. The van der Waals surface area contributed by atoms with Gasteiger partial charge in [-0.1, -0.05) is 157 Å². The number of rotatable bonds is 42. The van der Waals surface area contributed by atoms with E-state index >= 15 is 0 Å². The van der Waals surface area contributed by atoms with Crippen LogP contribution in [0.25, 0.3) is 0 Å². The van der Waals surface area contributed by atoms with E-state index in [-0.39, 0.29) is 19.6 Å². The standard InChI is InChI=1S/C48H96N6O6/c1-7-13-19-25-31-49(32-26-20-14-8-2)37-43(55)40-52-46(58)53(41-44(56)38-50(33-27-21-15-9-3)34-28-22-16-10-4)48(60)54(47(52)59)42-45(57)39-51(35-29-23-17-11-5)36-30-24-18-12-6/h43-45,55-57H,7-42H2,1-6H3. The molecule has 60 heavy (non-hydrogen) atoms. The number of aliphatic hydroxyl groups is 3. The Morgan fingerprint density at radius 1 is 0.333 bits per heavy atom. The molecule has 3 atom stereocenters. The average Bonchev–Trinajstić information content (AvgIpc) is 3.23. The maximum absolute atomic E-state index is 14.2. The molecule has 1 heterocycles. The molecule has 0 fully saturated rings. The molecule has 0 radical (unpaired) electrons. The van der Waals surface area contributed by atoms with E-state index < -0.39 is 35.4 Å². The number of aliphatic hydroxyl groups excluding tert-OH is 3. The van der Waals surface area contributed by atoms with E-state index in [1.54, 1.807) is 0 Å². The highest BCUT2D eigenvalue weighted by Gasteiger charge is 2.24. The van der Waals surface area contributed by atoms with Crippen LogP contribution in [0.4, 0.5) is 0 Å². The summed E-state index contributed by atoms with van der Waals surface area (Å²) >= 11 is 0. The van der Waals surface area contributed by atoms with Gasteiger partial charge in [0.15, 0.2) is 0 Å². The minimum Gasteiger partial charge on any atom is -0.390 e. The third-order valence-corrected chi connectivity index (χ3v) is 11.9. The number of nitrogens with zero attached hydrogens (tertiary/aromatic N) is 6. The normalized spacial score (nSPS) is 13.6. The zero-order valence-electron chi connectivity index (χ0n) is 39.9. The van der Waals surface area contributed by atoms with Crippen molar-refractivity contribution in [2.75, 3.05) is 58.9 Å². The van der Waals surface area contributed by atoms with Crippen molar-refractivity contribution in [2.45, 2.75) is 234 Å². The van der Waals surface area contributed by atoms with Gasteiger partial charge in [0.25, 0.3) is 0 Å². The summed E-state index contributed by atoms with van der Waals surface area (Å²) in [6, 6.07) is 0. The minimum absolute atomic E-state index is 0.271. The predicted molar refractivity (Wildman–Crippen MR) is 251 cm³/mol. The Kier molecular flexibility index (Phi) is 34.3. The van der Waals surface area contributed by atoms with Gasteiger partial charge in [-0.3, -0.25) is 0 Å². The second kappa shape index (κ2) is 36.6. The van der Waals surface area contributed by atoms with Crippen LogP contribution in [0.2, 0.25) is 0 Å². The monoisotopic (exact) mass is 853 g/mol. The Balaban J connectivity index is 3.51. The van der Waals surface area contributed by atoms with E-state index in [4.69, 9.17) is 0 Å². The molecule has 0 bridgehead atoms. The second-order valence-electron chi connectivity index (χ2n) is 17.9. The first-order valence-corrected chi connectivity index (χ1v) is 25.2. The zero-order valence-corrected chi connectivity index (χ0v) is 39.9. The van der Waals surface area contributed by atoms with Gasteiger partial charge in [0.05, 0.1) is 37.9 Å². The van der Waals surface area contributed by atoms with Crippen molar-refractivity contribution in [1.82, 2.24) is 28.4 Å². The minimum atomic E-state index is -1.02. The molecule has 1 rings (SSSR count). The Morgan fingerprint density at radius 2 is 0.517 bits per heavy atom. The molecule has 0 aromatic carbocycles.